The van der Waals surface area contributed by atoms with Gasteiger partial charge in [-0.1, -0.05) is 42.0 Å². The van der Waals surface area contributed by atoms with Crippen molar-refractivity contribution in [2.45, 2.75) is 44.9 Å². The van der Waals surface area contributed by atoms with Crippen LogP contribution in [0.15, 0.2) is 53.0 Å². The van der Waals surface area contributed by atoms with Crippen molar-refractivity contribution in [3.8, 4) is 0 Å². The molecule has 1 aliphatic rings. The summed E-state index contributed by atoms with van der Waals surface area (Å²) in [6.45, 7) is 7.07. The van der Waals surface area contributed by atoms with E-state index in [1.54, 1.807) is 25.1 Å². The van der Waals surface area contributed by atoms with Crippen molar-refractivity contribution in [2.24, 2.45) is 5.92 Å². The molecule has 1 aromatic carbocycles. The lowest BCUT2D eigenvalue weighted by Gasteiger charge is -2.31. The van der Waals surface area contributed by atoms with Crippen LogP contribution in [0.2, 0.25) is 0 Å². The third-order valence-electron chi connectivity index (χ3n) is 4.86. The van der Waals surface area contributed by atoms with Gasteiger partial charge in [0, 0.05) is 19.6 Å². The number of carbonyl (C=O) groups is 1. The molecule has 0 aromatic heterocycles. The molecular weight excluding hydrogens is 360 g/mol. The van der Waals surface area contributed by atoms with Crippen molar-refractivity contribution in [3.05, 3.63) is 53.6 Å². The maximum absolute atomic E-state index is 13.0. The van der Waals surface area contributed by atoms with Gasteiger partial charge in [0.25, 0.3) is 0 Å². The summed E-state index contributed by atoms with van der Waals surface area (Å²) in [4.78, 5) is 12.8. The quantitative estimate of drug-likeness (QED) is 0.726. The smallest absolute Gasteiger partial charge is 0.243 e. The molecule has 0 radical (unpaired) electrons. The van der Waals surface area contributed by atoms with Crippen molar-refractivity contribution in [2.75, 3.05) is 19.6 Å². The first kappa shape index (κ1) is 21.4. The highest BCUT2D eigenvalue weighted by Gasteiger charge is 2.33. The van der Waals surface area contributed by atoms with Crippen LogP contribution in [-0.4, -0.2) is 38.3 Å². The van der Waals surface area contributed by atoms with Crippen molar-refractivity contribution in [3.63, 3.8) is 0 Å². The number of rotatable bonds is 7. The average Bonchev–Trinajstić information content (AvgIpc) is 2.66. The van der Waals surface area contributed by atoms with Crippen LogP contribution in [0.5, 0.6) is 0 Å². The molecule has 1 atom stereocenters. The Balaban J connectivity index is 1.97. The topological polar surface area (TPSA) is 66.5 Å². The van der Waals surface area contributed by atoms with Gasteiger partial charge in [0.1, 0.15) is 0 Å². The number of piperidine rings is 1. The molecule has 5 nitrogen and oxygen atoms in total. The number of nitrogens with one attached hydrogen (secondary N) is 1. The summed E-state index contributed by atoms with van der Waals surface area (Å²) in [6.07, 6.45) is 8.18. The lowest BCUT2D eigenvalue weighted by atomic mass is 9.99. The standard InChI is InChI=1S/C21H30N2O3S/c1-4-5-9-17(2)13-14-22-21(24)19-11-8-15-23(16-19)27(25,26)20-12-7-6-10-18(20)3/h4-7,9-10,12,19H,8,11,13-16H2,1-3H3,(H,22,24)/b5-4-,17-9+. The highest BCUT2D eigenvalue weighted by molar-refractivity contribution is 7.89. The summed E-state index contributed by atoms with van der Waals surface area (Å²) < 4.78 is 27.4. The molecule has 1 N–H and O–H groups in total. The SMILES string of the molecule is C/C=C\C=C(/C)CCNC(=O)C1CCCN(S(=O)(=O)c2ccccc2C)C1. The van der Waals surface area contributed by atoms with Gasteiger partial charge >= 0.3 is 0 Å². The highest BCUT2D eigenvalue weighted by atomic mass is 32.2. The Morgan fingerprint density at radius 2 is 2.07 bits per heavy atom. The molecule has 1 heterocycles. The Kier molecular flexibility index (Phi) is 7.80. The summed E-state index contributed by atoms with van der Waals surface area (Å²) in [5.41, 5.74) is 1.92. The van der Waals surface area contributed by atoms with Crippen LogP contribution < -0.4 is 5.32 Å². The first-order chi connectivity index (χ1) is 12.9. The van der Waals surface area contributed by atoms with Crippen LogP contribution in [0.3, 0.4) is 0 Å². The van der Waals surface area contributed by atoms with Gasteiger partial charge in [0.2, 0.25) is 15.9 Å². The monoisotopic (exact) mass is 390 g/mol. The van der Waals surface area contributed by atoms with Gasteiger partial charge in [-0.3, -0.25) is 4.79 Å². The molecule has 0 saturated carbocycles. The van der Waals surface area contributed by atoms with E-state index in [9.17, 15) is 13.2 Å². The Hall–Kier alpha value is -1.92. The Morgan fingerprint density at radius 3 is 2.78 bits per heavy atom. The lowest BCUT2D eigenvalue weighted by molar-refractivity contribution is -0.126. The predicted octanol–water partition coefficient (Wildman–Crippen LogP) is 3.42. The molecule has 1 aliphatic heterocycles. The molecule has 1 fully saturated rings. The number of hydrogen-bond acceptors (Lipinski definition) is 3. The number of benzene rings is 1. The maximum atomic E-state index is 13.0. The van der Waals surface area contributed by atoms with E-state index >= 15 is 0 Å². The van der Waals surface area contributed by atoms with E-state index in [0.29, 0.717) is 24.4 Å². The van der Waals surface area contributed by atoms with Gasteiger partial charge in [-0.25, -0.2) is 8.42 Å². The first-order valence-corrected chi connectivity index (χ1v) is 10.9. The van der Waals surface area contributed by atoms with Crippen LogP contribution in [0.4, 0.5) is 0 Å². The van der Waals surface area contributed by atoms with Crippen molar-refractivity contribution in [1.82, 2.24) is 9.62 Å². The lowest BCUT2D eigenvalue weighted by Crippen LogP contribution is -2.45. The van der Waals surface area contributed by atoms with Crippen LogP contribution in [0.1, 0.15) is 38.7 Å². The maximum Gasteiger partial charge on any atom is 0.243 e. The zero-order chi connectivity index (χ0) is 19.9. The second kappa shape index (κ2) is 9.85. The van der Waals surface area contributed by atoms with Crippen LogP contribution in [-0.2, 0) is 14.8 Å². The molecular formula is C21H30N2O3S. The molecule has 0 bridgehead atoms. The number of carbonyl (C=O) groups excluding carboxylic acids is 1. The molecule has 1 unspecified atom stereocenters. The summed E-state index contributed by atoms with van der Waals surface area (Å²) in [5.74, 6) is -0.351. The van der Waals surface area contributed by atoms with Crippen molar-refractivity contribution >= 4 is 15.9 Å². The fourth-order valence-electron chi connectivity index (χ4n) is 3.23. The second-order valence-electron chi connectivity index (χ2n) is 7.05. The van der Waals surface area contributed by atoms with E-state index in [1.165, 1.54) is 9.88 Å². The van der Waals surface area contributed by atoms with Crippen LogP contribution in [0, 0.1) is 12.8 Å². The molecule has 1 amide bonds. The third kappa shape index (κ3) is 5.78. The average molecular weight is 391 g/mol. The van der Waals surface area contributed by atoms with E-state index in [0.717, 1.165) is 18.4 Å². The van der Waals surface area contributed by atoms with Crippen LogP contribution in [0.25, 0.3) is 0 Å². The fraction of sp³-hybridized carbons (Fsp3) is 0.476. The number of sulfonamides is 1. The zero-order valence-electron chi connectivity index (χ0n) is 16.4. The molecule has 6 heteroatoms. The van der Waals surface area contributed by atoms with Gasteiger partial charge in [-0.2, -0.15) is 4.31 Å². The van der Waals surface area contributed by atoms with Crippen molar-refractivity contribution in [1.29, 1.82) is 0 Å². The molecule has 0 aliphatic carbocycles. The van der Waals surface area contributed by atoms with Gasteiger partial charge in [-0.15, -0.1) is 0 Å². The summed E-state index contributed by atoms with van der Waals surface area (Å²) in [6, 6.07) is 6.99. The molecule has 148 valence electrons. The Bertz CT molecular complexity index is 812. The minimum absolute atomic E-state index is 0.0569. The summed E-state index contributed by atoms with van der Waals surface area (Å²) >= 11 is 0. The molecule has 1 aromatic rings. The van der Waals surface area contributed by atoms with E-state index in [1.807, 2.05) is 38.1 Å². The highest BCUT2D eigenvalue weighted by Crippen LogP contribution is 2.25. The summed E-state index contributed by atoms with van der Waals surface area (Å²) in [5, 5.41) is 2.96. The van der Waals surface area contributed by atoms with Gasteiger partial charge < -0.3 is 5.32 Å². The first-order valence-electron chi connectivity index (χ1n) is 9.48. The largest absolute Gasteiger partial charge is 0.356 e. The third-order valence-corrected chi connectivity index (χ3v) is 6.88. The second-order valence-corrected chi connectivity index (χ2v) is 8.95. The minimum Gasteiger partial charge on any atom is -0.356 e. The fourth-order valence-corrected chi connectivity index (χ4v) is 4.98. The number of aryl methyl sites for hydroxylation is 1. The predicted molar refractivity (Wildman–Crippen MR) is 109 cm³/mol. The van der Waals surface area contributed by atoms with Gasteiger partial charge in [0.15, 0.2) is 0 Å². The van der Waals surface area contributed by atoms with Crippen molar-refractivity contribution < 1.29 is 13.2 Å². The molecule has 1 saturated heterocycles. The number of amides is 1. The molecule has 2 rings (SSSR count). The zero-order valence-corrected chi connectivity index (χ0v) is 17.3. The van der Waals surface area contributed by atoms with Gasteiger partial charge in [-0.05, 0) is 51.7 Å². The number of nitrogens with zero attached hydrogens (tertiary/aromatic N) is 1. The number of allylic oxidation sites excluding steroid dienone is 3. The molecule has 27 heavy (non-hydrogen) atoms. The van der Waals surface area contributed by atoms with Crippen LogP contribution >= 0.6 is 0 Å². The molecule has 0 spiro atoms. The Labute approximate surface area is 163 Å². The van der Waals surface area contributed by atoms with E-state index in [4.69, 9.17) is 0 Å². The Morgan fingerprint density at radius 1 is 1.33 bits per heavy atom. The van der Waals surface area contributed by atoms with E-state index < -0.39 is 10.0 Å². The normalized spacial score (nSPS) is 19.4. The van der Waals surface area contributed by atoms with E-state index in [-0.39, 0.29) is 18.4 Å². The minimum atomic E-state index is -3.57. The van der Waals surface area contributed by atoms with E-state index in [2.05, 4.69) is 5.32 Å². The number of hydrogen-bond donors (Lipinski definition) is 1. The van der Waals surface area contributed by atoms with Gasteiger partial charge in [0.05, 0.1) is 10.8 Å². The summed E-state index contributed by atoms with van der Waals surface area (Å²) in [7, 11) is -3.57.